The van der Waals surface area contributed by atoms with E-state index in [2.05, 4.69) is 4.98 Å². The summed E-state index contributed by atoms with van der Waals surface area (Å²) in [5.74, 6) is 0.104. The maximum atomic E-state index is 13.0. The highest BCUT2D eigenvalue weighted by atomic mass is 19.4. The van der Waals surface area contributed by atoms with Gasteiger partial charge in [-0.3, -0.25) is 0 Å². The molecule has 1 aliphatic heterocycles. The zero-order valence-electron chi connectivity index (χ0n) is 11.4. The van der Waals surface area contributed by atoms with E-state index in [9.17, 15) is 13.2 Å². The summed E-state index contributed by atoms with van der Waals surface area (Å²) >= 11 is 0. The van der Waals surface area contributed by atoms with E-state index >= 15 is 0 Å². The number of halogens is 3. The Bertz CT molecular complexity index is 468. The molecule has 0 radical (unpaired) electrons. The van der Waals surface area contributed by atoms with Gasteiger partial charge in [0.25, 0.3) is 0 Å². The third-order valence-electron chi connectivity index (χ3n) is 4.88. The van der Waals surface area contributed by atoms with Gasteiger partial charge >= 0.3 is 6.18 Å². The van der Waals surface area contributed by atoms with Gasteiger partial charge in [0.1, 0.15) is 5.82 Å². The summed E-state index contributed by atoms with van der Waals surface area (Å²) in [6.45, 7) is 1.39. The largest absolute Gasteiger partial charge is 0.419 e. The van der Waals surface area contributed by atoms with Crippen molar-refractivity contribution >= 4 is 5.82 Å². The van der Waals surface area contributed by atoms with Gasteiger partial charge in [-0.05, 0) is 43.2 Å². The minimum atomic E-state index is -4.33. The first-order chi connectivity index (χ1) is 9.50. The molecule has 1 aromatic heterocycles. The molecular weight excluding hydrogens is 265 g/mol. The Balaban J connectivity index is 1.78. The number of anilines is 1. The molecule has 1 spiro atoms. The topological polar surface area (TPSA) is 16.1 Å². The summed E-state index contributed by atoms with van der Waals surface area (Å²) in [5.41, 5.74) is -0.202. The fourth-order valence-electron chi connectivity index (χ4n) is 3.69. The van der Waals surface area contributed by atoms with E-state index in [-0.39, 0.29) is 5.82 Å². The van der Waals surface area contributed by atoms with Gasteiger partial charge in [0, 0.05) is 19.3 Å². The van der Waals surface area contributed by atoms with Crippen molar-refractivity contribution in [2.75, 3.05) is 18.0 Å². The minimum Gasteiger partial charge on any atom is -0.356 e. The third-order valence-corrected chi connectivity index (χ3v) is 4.88. The van der Waals surface area contributed by atoms with E-state index in [0.717, 1.165) is 18.9 Å². The van der Waals surface area contributed by atoms with Crippen molar-refractivity contribution in [3.05, 3.63) is 23.9 Å². The van der Waals surface area contributed by atoms with E-state index in [4.69, 9.17) is 0 Å². The van der Waals surface area contributed by atoms with Crippen molar-refractivity contribution in [3.63, 3.8) is 0 Å². The summed E-state index contributed by atoms with van der Waals surface area (Å²) in [6.07, 6.45) is 4.16. The molecule has 0 aromatic carbocycles. The standard InChI is InChI=1S/C15H19F3N2/c16-15(17,18)12-4-3-9-19-13(12)20-10-7-14(8-11-20)5-1-2-6-14/h3-4,9H,1-2,5-8,10-11H2. The first-order valence-electron chi connectivity index (χ1n) is 7.27. The van der Waals surface area contributed by atoms with E-state index in [0.29, 0.717) is 18.5 Å². The molecule has 5 heteroatoms. The van der Waals surface area contributed by atoms with Gasteiger partial charge in [0.05, 0.1) is 5.56 Å². The van der Waals surface area contributed by atoms with E-state index in [1.165, 1.54) is 37.9 Å². The van der Waals surface area contributed by atoms with Crippen LogP contribution in [0.1, 0.15) is 44.1 Å². The Morgan fingerprint density at radius 3 is 2.30 bits per heavy atom. The number of rotatable bonds is 1. The number of piperidine rings is 1. The Morgan fingerprint density at radius 1 is 1.05 bits per heavy atom. The van der Waals surface area contributed by atoms with Gasteiger partial charge in [-0.1, -0.05) is 12.8 Å². The van der Waals surface area contributed by atoms with Crippen LogP contribution in [0.25, 0.3) is 0 Å². The van der Waals surface area contributed by atoms with Crippen LogP contribution in [-0.2, 0) is 6.18 Å². The monoisotopic (exact) mass is 284 g/mol. The van der Waals surface area contributed by atoms with Crippen LogP contribution in [0.5, 0.6) is 0 Å². The highest BCUT2D eigenvalue weighted by Crippen LogP contribution is 2.47. The second-order valence-electron chi connectivity index (χ2n) is 6.07. The molecule has 1 aromatic rings. The van der Waals surface area contributed by atoms with Crippen molar-refractivity contribution in [2.45, 2.75) is 44.7 Å². The highest BCUT2D eigenvalue weighted by Gasteiger charge is 2.40. The second-order valence-corrected chi connectivity index (χ2v) is 6.07. The van der Waals surface area contributed by atoms with Crippen LogP contribution in [-0.4, -0.2) is 18.1 Å². The van der Waals surface area contributed by atoms with Gasteiger partial charge < -0.3 is 4.90 Å². The van der Waals surface area contributed by atoms with Crippen molar-refractivity contribution in [1.29, 1.82) is 0 Å². The van der Waals surface area contributed by atoms with Crippen molar-refractivity contribution in [1.82, 2.24) is 4.98 Å². The van der Waals surface area contributed by atoms with Crippen LogP contribution in [0.15, 0.2) is 18.3 Å². The third kappa shape index (κ3) is 2.50. The SMILES string of the molecule is FC(F)(F)c1cccnc1N1CCC2(CCCC2)CC1. The van der Waals surface area contributed by atoms with Crippen molar-refractivity contribution in [3.8, 4) is 0 Å². The molecule has 2 aliphatic rings. The van der Waals surface area contributed by atoms with Crippen LogP contribution >= 0.6 is 0 Å². The normalized spacial score (nSPS) is 22.4. The molecule has 0 amide bonds. The van der Waals surface area contributed by atoms with E-state index in [1.54, 1.807) is 0 Å². The summed E-state index contributed by atoms with van der Waals surface area (Å²) in [6, 6.07) is 2.48. The lowest BCUT2D eigenvalue weighted by Gasteiger charge is -2.40. The molecule has 110 valence electrons. The van der Waals surface area contributed by atoms with Crippen LogP contribution in [0.3, 0.4) is 0 Å². The van der Waals surface area contributed by atoms with Crippen LogP contribution in [0.4, 0.5) is 19.0 Å². The van der Waals surface area contributed by atoms with Gasteiger partial charge in [-0.2, -0.15) is 13.2 Å². The summed E-state index contributed by atoms with van der Waals surface area (Å²) in [4.78, 5) is 5.80. The van der Waals surface area contributed by atoms with Crippen molar-refractivity contribution < 1.29 is 13.2 Å². The maximum absolute atomic E-state index is 13.0. The maximum Gasteiger partial charge on any atom is 0.419 e. The lowest BCUT2D eigenvalue weighted by molar-refractivity contribution is -0.137. The van der Waals surface area contributed by atoms with E-state index < -0.39 is 11.7 Å². The molecular formula is C15H19F3N2. The Kier molecular flexibility index (Phi) is 3.38. The molecule has 1 saturated carbocycles. The first-order valence-corrected chi connectivity index (χ1v) is 7.27. The summed E-state index contributed by atoms with van der Waals surface area (Å²) in [7, 11) is 0. The number of nitrogens with zero attached hydrogens (tertiary/aromatic N) is 2. The first kappa shape index (κ1) is 13.7. The molecule has 2 fully saturated rings. The predicted molar refractivity (Wildman–Crippen MR) is 71.6 cm³/mol. The minimum absolute atomic E-state index is 0.104. The Hall–Kier alpha value is -1.26. The Labute approximate surface area is 117 Å². The highest BCUT2D eigenvalue weighted by molar-refractivity contribution is 5.48. The lowest BCUT2D eigenvalue weighted by Crippen LogP contribution is -2.40. The van der Waals surface area contributed by atoms with Gasteiger partial charge in [-0.25, -0.2) is 4.98 Å². The number of alkyl halides is 3. The van der Waals surface area contributed by atoms with Crippen LogP contribution < -0.4 is 4.90 Å². The molecule has 1 saturated heterocycles. The average Bonchev–Trinajstić information content (AvgIpc) is 2.87. The zero-order chi connectivity index (χ0) is 14.2. The molecule has 0 bridgehead atoms. The molecule has 0 atom stereocenters. The van der Waals surface area contributed by atoms with Crippen molar-refractivity contribution in [2.24, 2.45) is 5.41 Å². The smallest absolute Gasteiger partial charge is 0.356 e. The second kappa shape index (κ2) is 4.93. The van der Waals surface area contributed by atoms with Gasteiger partial charge in [-0.15, -0.1) is 0 Å². The van der Waals surface area contributed by atoms with Gasteiger partial charge in [0.15, 0.2) is 0 Å². The zero-order valence-corrected chi connectivity index (χ0v) is 11.4. The molecule has 1 aliphatic carbocycles. The predicted octanol–water partition coefficient (Wildman–Crippen LogP) is 4.26. The van der Waals surface area contributed by atoms with Crippen LogP contribution in [0, 0.1) is 5.41 Å². The summed E-state index contributed by atoms with van der Waals surface area (Å²) in [5, 5.41) is 0. The van der Waals surface area contributed by atoms with Gasteiger partial charge in [0.2, 0.25) is 0 Å². The number of hydrogen-bond acceptors (Lipinski definition) is 2. The number of hydrogen-bond donors (Lipinski definition) is 0. The molecule has 3 rings (SSSR count). The molecule has 2 nitrogen and oxygen atoms in total. The fourth-order valence-corrected chi connectivity index (χ4v) is 3.69. The van der Waals surface area contributed by atoms with Crippen LogP contribution in [0.2, 0.25) is 0 Å². The molecule has 2 heterocycles. The average molecular weight is 284 g/mol. The summed E-state index contributed by atoms with van der Waals surface area (Å²) < 4.78 is 39.1. The molecule has 20 heavy (non-hydrogen) atoms. The molecule has 0 N–H and O–H groups in total. The Morgan fingerprint density at radius 2 is 1.70 bits per heavy atom. The van der Waals surface area contributed by atoms with E-state index in [1.807, 2.05) is 4.90 Å². The molecule has 0 unspecified atom stereocenters. The number of aromatic nitrogens is 1. The lowest BCUT2D eigenvalue weighted by atomic mass is 9.77. The quantitative estimate of drug-likeness (QED) is 0.766. The fraction of sp³-hybridized carbons (Fsp3) is 0.667. The number of pyridine rings is 1.